The van der Waals surface area contributed by atoms with Crippen molar-refractivity contribution in [1.82, 2.24) is 4.90 Å². The van der Waals surface area contributed by atoms with Crippen LogP contribution in [-0.4, -0.2) is 47.8 Å². The molecule has 4 nitrogen and oxygen atoms in total. The Morgan fingerprint density at radius 3 is 2.38 bits per heavy atom. The van der Waals surface area contributed by atoms with Gasteiger partial charge in [0.2, 0.25) is 0 Å². The fourth-order valence-corrected chi connectivity index (χ4v) is 2.69. The first-order valence-corrected chi connectivity index (χ1v) is 6.22. The maximum absolute atomic E-state index is 11.4. The van der Waals surface area contributed by atoms with E-state index in [1.807, 2.05) is 7.05 Å². The molecule has 4 heteroatoms. The van der Waals surface area contributed by atoms with Crippen LogP contribution in [0.3, 0.4) is 0 Å². The lowest BCUT2D eigenvalue weighted by Gasteiger charge is -2.38. The normalized spacial score (nSPS) is 27.1. The summed E-state index contributed by atoms with van der Waals surface area (Å²) in [6.07, 6.45) is 5.85. The molecule has 0 bridgehead atoms. The van der Waals surface area contributed by atoms with Crippen LogP contribution in [0.15, 0.2) is 0 Å². The third kappa shape index (κ3) is 2.38. The molecule has 0 radical (unpaired) electrons. The van der Waals surface area contributed by atoms with E-state index in [2.05, 4.69) is 4.90 Å². The van der Waals surface area contributed by atoms with E-state index in [4.69, 9.17) is 4.74 Å². The van der Waals surface area contributed by atoms with E-state index < -0.39 is 11.6 Å². The number of rotatable bonds is 3. The summed E-state index contributed by atoms with van der Waals surface area (Å²) in [5, 5.41) is 9.39. The first kappa shape index (κ1) is 11.9. The van der Waals surface area contributed by atoms with Crippen LogP contribution in [0, 0.1) is 0 Å². The zero-order chi connectivity index (χ0) is 11.6. The molecule has 92 valence electrons. The van der Waals surface area contributed by atoms with Gasteiger partial charge in [-0.3, -0.25) is 0 Å². The molecule has 0 spiro atoms. The highest BCUT2D eigenvalue weighted by Crippen LogP contribution is 2.32. The van der Waals surface area contributed by atoms with Gasteiger partial charge in [0.05, 0.1) is 6.10 Å². The number of aliphatic carboxylic acids is 1. The minimum Gasteiger partial charge on any atom is -0.479 e. The molecule has 1 N–H and O–H groups in total. The number of carboxylic acids is 1. The fraction of sp³-hybridized carbons (Fsp3) is 0.917. The zero-order valence-corrected chi connectivity index (χ0v) is 9.95. The third-order valence-electron chi connectivity index (χ3n) is 3.88. The van der Waals surface area contributed by atoms with Crippen LogP contribution in [0.1, 0.15) is 38.5 Å². The number of ether oxygens (including phenoxy) is 1. The maximum atomic E-state index is 11.4. The zero-order valence-electron chi connectivity index (χ0n) is 9.95. The predicted molar refractivity (Wildman–Crippen MR) is 60.4 cm³/mol. The SMILES string of the molecule is CN1CCC(OC2CCCC2)(C(=O)O)CC1. The van der Waals surface area contributed by atoms with Gasteiger partial charge in [0, 0.05) is 13.1 Å². The quantitative estimate of drug-likeness (QED) is 0.793. The lowest BCUT2D eigenvalue weighted by Crippen LogP contribution is -2.51. The maximum Gasteiger partial charge on any atom is 0.336 e. The van der Waals surface area contributed by atoms with Crippen LogP contribution in [0.4, 0.5) is 0 Å². The Labute approximate surface area is 96.6 Å². The molecule has 1 heterocycles. The van der Waals surface area contributed by atoms with Gasteiger partial charge in [0.25, 0.3) is 0 Å². The summed E-state index contributed by atoms with van der Waals surface area (Å²) in [5.74, 6) is -0.771. The van der Waals surface area contributed by atoms with E-state index in [-0.39, 0.29) is 6.10 Å². The smallest absolute Gasteiger partial charge is 0.336 e. The van der Waals surface area contributed by atoms with E-state index >= 15 is 0 Å². The lowest BCUT2D eigenvalue weighted by molar-refractivity contribution is -0.181. The number of carboxylic acid groups (broad SMARTS) is 1. The summed E-state index contributed by atoms with van der Waals surface area (Å²) in [4.78, 5) is 13.6. The van der Waals surface area contributed by atoms with E-state index in [9.17, 15) is 9.90 Å². The van der Waals surface area contributed by atoms with Gasteiger partial charge in [-0.1, -0.05) is 12.8 Å². The van der Waals surface area contributed by atoms with Gasteiger partial charge in [0.15, 0.2) is 5.60 Å². The average Bonchev–Trinajstić information content (AvgIpc) is 2.74. The standard InChI is InChI=1S/C12H21NO3/c1-13-8-6-12(7-9-13,11(14)15)16-10-4-2-3-5-10/h10H,2-9H2,1H3,(H,14,15). The Hall–Kier alpha value is -0.610. The molecule has 1 aliphatic heterocycles. The first-order chi connectivity index (χ1) is 7.62. The van der Waals surface area contributed by atoms with Crippen molar-refractivity contribution in [3.05, 3.63) is 0 Å². The Morgan fingerprint density at radius 1 is 1.31 bits per heavy atom. The van der Waals surface area contributed by atoms with E-state index in [0.29, 0.717) is 12.8 Å². The second-order valence-electron chi connectivity index (χ2n) is 5.13. The van der Waals surface area contributed by atoms with Gasteiger partial charge in [-0.15, -0.1) is 0 Å². The number of likely N-dealkylation sites (tertiary alicyclic amines) is 1. The molecule has 0 aromatic heterocycles. The summed E-state index contributed by atoms with van der Waals surface area (Å²) in [6.45, 7) is 1.64. The molecule has 1 aliphatic carbocycles. The Bertz CT molecular complexity index is 253. The van der Waals surface area contributed by atoms with Crippen LogP contribution < -0.4 is 0 Å². The third-order valence-corrected chi connectivity index (χ3v) is 3.88. The molecule has 2 rings (SSSR count). The number of carbonyl (C=O) groups is 1. The molecule has 1 saturated carbocycles. The fourth-order valence-electron chi connectivity index (χ4n) is 2.69. The van der Waals surface area contributed by atoms with Gasteiger partial charge < -0.3 is 14.7 Å². The summed E-state index contributed by atoms with van der Waals surface area (Å²) in [6, 6.07) is 0. The molecule has 2 fully saturated rings. The number of hydrogen-bond donors (Lipinski definition) is 1. The summed E-state index contributed by atoms with van der Waals surface area (Å²) in [7, 11) is 2.03. The van der Waals surface area contributed by atoms with E-state index in [0.717, 1.165) is 25.9 Å². The highest BCUT2D eigenvalue weighted by atomic mass is 16.5. The molecular formula is C12H21NO3. The van der Waals surface area contributed by atoms with E-state index in [1.165, 1.54) is 12.8 Å². The van der Waals surface area contributed by atoms with Gasteiger partial charge in [-0.25, -0.2) is 4.79 Å². The number of hydrogen-bond acceptors (Lipinski definition) is 3. The van der Waals surface area contributed by atoms with E-state index in [1.54, 1.807) is 0 Å². The molecule has 0 unspecified atom stereocenters. The molecule has 2 aliphatic rings. The Balaban J connectivity index is 2.00. The Morgan fingerprint density at radius 2 is 1.88 bits per heavy atom. The summed E-state index contributed by atoms with van der Waals surface area (Å²) >= 11 is 0. The highest BCUT2D eigenvalue weighted by molar-refractivity contribution is 5.77. The molecule has 0 atom stereocenters. The highest BCUT2D eigenvalue weighted by Gasteiger charge is 2.44. The van der Waals surface area contributed by atoms with Gasteiger partial charge in [-0.2, -0.15) is 0 Å². The molecule has 0 aromatic rings. The monoisotopic (exact) mass is 227 g/mol. The minimum atomic E-state index is -0.901. The van der Waals surface area contributed by atoms with Crippen LogP contribution >= 0.6 is 0 Å². The van der Waals surface area contributed by atoms with Crippen molar-refractivity contribution in [2.24, 2.45) is 0 Å². The van der Waals surface area contributed by atoms with Gasteiger partial charge in [-0.05, 0) is 32.7 Å². The molecule has 16 heavy (non-hydrogen) atoms. The topological polar surface area (TPSA) is 49.8 Å². The van der Waals surface area contributed by atoms with Crippen molar-refractivity contribution < 1.29 is 14.6 Å². The van der Waals surface area contributed by atoms with Crippen LogP contribution in [0.2, 0.25) is 0 Å². The van der Waals surface area contributed by atoms with Crippen molar-refractivity contribution >= 4 is 5.97 Å². The minimum absolute atomic E-state index is 0.180. The second kappa shape index (κ2) is 4.72. The van der Waals surface area contributed by atoms with Crippen LogP contribution in [0.5, 0.6) is 0 Å². The van der Waals surface area contributed by atoms with Crippen molar-refractivity contribution in [2.45, 2.75) is 50.2 Å². The van der Waals surface area contributed by atoms with Crippen molar-refractivity contribution in [1.29, 1.82) is 0 Å². The van der Waals surface area contributed by atoms with Crippen molar-refractivity contribution in [2.75, 3.05) is 20.1 Å². The molecule has 0 amide bonds. The van der Waals surface area contributed by atoms with Crippen molar-refractivity contribution in [3.63, 3.8) is 0 Å². The molecule has 1 saturated heterocycles. The summed E-state index contributed by atoms with van der Waals surface area (Å²) in [5.41, 5.74) is -0.901. The predicted octanol–water partition coefficient (Wildman–Crippen LogP) is 1.49. The number of nitrogens with zero attached hydrogens (tertiary/aromatic N) is 1. The average molecular weight is 227 g/mol. The van der Waals surface area contributed by atoms with Gasteiger partial charge in [0.1, 0.15) is 0 Å². The van der Waals surface area contributed by atoms with Gasteiger partial charge >= 0.3 is 5.97 Å². The molecule has 0 aromatic carbocycles. The second-order valence-corrected chi connectivity index (χ2v) is 5.13. The number of piperidine rings is 1. The summed E-state index contributed by atoms with van der Waals surface area (Å²) < 4.78 is 5.92. The van der Waals surface area contributed by atoms with Crippen LogP contribution in [-0.2, 0) is 9.53 Å². The lowest BCUT2D eigenvalue weighted by atomic mass is 9.91. The largest absolute Gasteiger partial charge is 0.479 e. The van der Waals surface area contributed by atoms with Crippen molar-refractivity contribution in [3.8, 4) is 0 Å². The first-order valence-electron chi connectivity index (χ1n) is 6.22. The molecular weight excluding hydrogens is 206 g/mol. The Kier molecular flexibility index (Phi) is 3.50. The van der Waals surface area contributed by atoms with Crippen LogP contribution in [0.25, 0.3) is 0 Å².